The highest BCUT2D eigenvalue weighted by Gasteiger charge is 2.15. The summed E-state index contributed by atoms with van der Waals surface area (Å²) in [6, 6.07) is 0. The van der Waals surface area contributed by atoms with Crippen LogP contribution in [0.3, 0.4) is 0 Å². The highest BCUT2D eigenvalue weighted by Crippen LogP contribution is 2.15. The third-order valence-corrected chi connectivity index (χ3v) is 2.86. The summed E-state index contributed by atoms with van der Waals surface area (Å²) in [6.07, 6.45) is 1.41. The summed E-state index contributed by atoms with van der Waals surface area (Å²) in [5, 5.41) is 14.5. The Bertz CT molecular complexity index is 325. The standard InChI is InChI=1S/C10H16N2O2S/c1-3-4-5-8(13)9(14)12-10-11-7(2)6-15-10/h6,8,13H,3-5H2,1-2H3,(H,11,12,14). The van der Waals surface area contributed by atoms with Crippen molar-refractivity contribution >= 4 is 22.4 Å². The van der Waals surface area contributed by atoms with Crippen LogP contribution in [0.1, 0.15) is 31.9 Å². The molecule has 0 fully saturated rings. The molecule has 1 atom stereocenters. The van der Waals surface area contributed by atoms with Crippen molar-refractivity contribution in [2.75, 3.05) is 5.32 Å². The van der Waals surface area contributed by atoms with Gasteiger partial charge in [-0.15, -0.1) is 11.3 Å². The van der Waals surface area contributed by atoms with Crippen LogP contribution in [0, 0.1) is 6.92 Å². The molecule has 5 heteroatoms. The normalized spacial score (nSPS) is 12.5. The van der Waals surface area contributed by atoms with E-state index < -0.39 is 6.10 Å². The van der Waals surface area contributed by atoms with E-state index in [4.69, 9.17) is 0 Å². The monoisotopic (exact) mass is 228 g/mol. The van der Waals surface area contributed by atoms with Gasteiger partial charge in [0.05, 0.1) is 5.69 Å². The molecule has 1 heterocycles. The molecule has 0 aromatic carbocycles. The Morgan fingerprint density at radius 1 is 1.73 bits per heavy atom. The predicted octanol–water partition coefficient (Wildman–Crippen LogP) is 1.94. The second-order valence-corrected chi connectivity index (χ2v) is 4.30. The van der Waals surface area contributed by atoms with Crippen molar-refractivity contribution in [1.82, 2.24) is 4.98 Å². The third-order valence-electron chi connectivity index (χ3n) is 1.98. The number of hydrogen-bond acceptors (Lipinski definition) is 4. The van der Waals surface area contributed by atoms with E-state index in [1.807, 2.05) is 19.2 Å². The van der Waals surface area contributed by atoms with Crippen molar-refractivity contribution in [1.29, 1.82) is 0 Å². The lowest BCUT2D eigenvalue weighted by Crippen LogP contribution is -2.27. The first kappa shape index (κ1) is 12.1. The average molecular weight is 228 g/mol. The molecular formula is C10H16N2O2S. The van der Waals surface area contributed by atoms with Crippen LogP contribution in [0.2, 0.25) is 0 Å². The van der Waals surface area contributed by atoms with Gasteiger partial charge in [0.1, 0.15) is 6.10 Å². The van der Waals surface area contributed by atoms with Gasteiger partial charge < -0.3 is 5.11 Å². The van der Waals surface area contributed by atoms with Gasteiger partial charge in [-0.05, 0) is 13.3 Å². The van der Waals surface area contributed by atoms with Gasteiger partial charge in [0, 0.05) is 5.38 Å². The minimum atomic E-state index is -0.922. The number of aromatic nitrogens is 1. The zero-order valence-electron chi connectivity index (χ0n) is 8.99. The van der Waals surface area contributed by atoms with Crippen LogP contribution in [0.15, 0.2) is 5.38 Å². The molecule has 0 saturated carbocycles. The lowest BCUT2D eigenvalue weighted by atomic mass is 10.1. The number of unbranched alkanes of at least 4 members (excludes halogenated alkanes) is 1. The van der Waals surface area contributed by atoms with Crippen LogP contribution in [0.4, 0.5) is 5.13 Å². The van der Waals surface area contributed by atoms with Crippen molar-refractivity contribution in [3.05, 3.63) is 11.1 Å². The number of anilines is 1. The Morgan fingerprint density at radius 3 is 3.00 bits per heavy atom. The topological polar surface area (TPSA) is 62.2 Å². The van der Waals surface area contributed by atoms with E-state index in [0.717, 1.165) is 18.5 Å². The molecule has 0 bridgehead atoms. The van der Waals surface area contributed by atoms with Crippen molar-refractivity contribution in [3.8, 4) is 0 Å². The van der Waals surface area contributed by atoms with E-state index in [2.05, 4.69) is 10.3 Å². The first-order chi connectivity index (χ1) is 7.13. The van der Waals surface area contributed by atoms with Crippen LogP contribution in [0.25, 0.3) is 0 Å². The molecule has 2 N–H and O–H groups in total. The minimum absolute atomic E-state index is 0.363. The van der Waals surface area contributed by atoms with Gasteiger partial charge in [-0.1, -0.05) is 19.8 Å². The molecule has 0 aliphatic heterocycles. The van der Waals surface area contributed by atoms with E-state index in [-0.39, 0.29) is 5.91 Å². The lowest BCUT2D eigenvalue weighted by Gasteiger charge is -2.08. The molecule has 84 valence electrons. The van der Waals surface area contributed by atoms with E-state index in [9.17, 15) is 9.90 Å². The van der Waals surface area contributed by atoms with Gasteiger partial charge in [0.15, 0.2) is 5.13 Å². The molecule has 1 unspecified atom stereocenters. The fourth-order valence-corrected chi connectivity index (χ4v) is 1.82. The van der Waals surface area contributed by atoms with Crippen molar-refractivity contribution in [2.24, 2.45) is 0 Å². The maximum atomic E-state index is 11.4. The summed E-state index contributed by atoms with van der Waals surface area (Å²) >= 11 is 1.36. The summed E-state index contributed by atoms with van der Waals surface area (Å²) in [4.78, 5) is 15.5. The first-order valence-corrected chi connectivity index (χ1v) is 5.92. The number of nitrogens with one attached hydrogen (secondary N) is 1. The van der Waals surface area contributed by atoms with Gasteiger partial charge >= 0.3 is 0 Å². The molecule has 0 spiro atoms. The zero-order valence-corrected chi connectivity index (χ0v) is 9.80. The van der Waals surface area contributed by atoms with Crippen molar-refractivity contribution in [2.45, 2.75) is 39.2 Å². The number of aliphatic hydroxyl groups is 1. The van der Waals surface area contributed by atoms with Gasteiger partial charge in [-0.2, -0.15) is 0 Å². The molecule has 15 heavy (non-hydrogen) atoms. The van der Waals surface area contributed by atoms with Gasteiger partial charge in [-0.25, -0.2) is 4.98 Å². The first-order valence-electron chi connectivity index (χ1n) is 5.04. The van der Waals surface area contributed by atoms with Gasteiger partial charge in [-0.3, -0.25) is 10.1 Å². The third kappa shape index (κ3) is 3.97. The largest absolute Gasteiger partial charge is 0.383 e. The molecule has 0 aliphatic carbocycles. The Morgan fingerprint density at radius 2 is 2.47 bits per heavy atom. The van der Waals surface area contributed by atoms with Crippen LogP contribution in [0.5, 0.6) is 0 Å². The van der Waals surface area contributed by atoms with E-state index >= 15 is 0 Å². The van der Waals surface area contributed by atoms with Crippen LogP contribution < -0.4 is 5.32 Å². The molecule has 1 aromatic rings. The fourth-order valence-electron chi connectivity index (χ4n) is 1.13. The van der Waals surface area contributed by atoms with E-state index in [1.54, 1.807) is 0 Å². The molecule has 0 radical (unpaired) electrons. The Kier molecular flexibility index (Phi) is 4.71. The van der Waals surface area contributed by atoms with Crippen LogP contribution >= 0.6 is 11.3 Å². The van der Waals surface area contributed by atoms with Crippen molar-refractivity contribution in [3.63, 3.8) is 0 Å². The smallest absolute Gasteiger partial charge is 0.254 e. The Balaban J connectivity index is 2.41. The zero-order chi connectivity index (χ0) is 11.3. The minimum Gasteiger partial charge on any atom is -0.383 e. The highest BCUT2D eigenvalue weighted by molar-refractivity contribution is 7.13. The van der Waals surface area contributed by atoms with E-state index in [0.29, 0.717) is 11.6 Å². The molecule has 0 aliphatic rings. The number of nitrogens with zero attached hydrogens (tertiary/aromatic N) is 1. The van der Waals surface area contributed by atoms with Crippen molar-refractivity contribution < 1.29 is 9.90 Å². The number of amides is 1. The summed E-state index contributed by atoms with van der Waals surface area (Å²) in [5.74, 6) is -0.363. The van der Waals surface area contributed by atoms with E-state index in [1.165, 1.54) is 11.3 Å². The average Bonchev–Trinajstić information content (AvgIpc) is 2.60. The lowest BCUT2D eigenvalue weighted by molar-refractivity contribution is -0.124. The fraction of sp³-hybridized carbons (Fsp3) is 0.600. The molecule has 0 saturated heterocycles. The maximum absolute atomic E-state index is 11.4. The summed E-state index contributed by atoms with van der Waals surface area (Å²) < 4.78 is 0. The Labute approximate surface area is 93.4 Å². The maximum Gasteiger partial charge on any atom is 0.254 e. The number of aryl methyl sites for hydroxylation is 1. The molecule has 4 nitrogen and oxygen atoms in total. The van der Waals surface area contributed by atoms with Gasteiger partial charge in [0.2, 0.25) is 0 Å². The molecule has 1 amide bonds. The summed E-state index contributed by atoms with van der Waals surface area (Å²) in [7, 11) is 0. The number of carbonyl (C=O) groups excluding carboxylic acids is 1. The molecule has 1 aromatic heterocycles. The predicted molar refractivity (Wildman–Crippen MR) is 61.0 cm³/mol. The van der Waals surface area contributed by atoms with Gasteiger partial charge in [0.25, 0.3) is 5.91 Å². The van der Waals surface area contributed by atoms with Crippen LogP contribution in [-0.2, 0) is 4.79 Å². The second-order valence-electron chi connectivity index (χ2n) is 3.44. The number of aliphatic hydroxyl groups excluding tert-OH is 1. The second kappa shape index (κ2) is 5.82. The molecular weight excluding hydrogens is 212 g/mol. The van der Waals surface area contributed by atoms with Crippen LogP contribution in [-0.4, -0.2) is 22.1 Å². The molecule has 1 rings (SSSR count). The quantitative estimate of drug-likeness (QED) is 0.809. The highest BCUT2D eigenvalue weighted by atomic mass is 32.1. The number of hydrogen-bond donors (Lipinski definition) is 2. The summed E-state index contributed by atoms with van der Waals surface area (Å²) in [5.41, 5.74) is 0.873. The number of thiazole rings is 1. The number of carbonyl (C=O) groups is 1. The Hall–Kier alpha value is -0.940. The SMILES string of the molecule is CCCCC(O)C(=O)Nc1nc(C)cs1. The summed E-state index contributed by atoms with van der Waals surface area (Å²) in [6.45, 7) is 3.88. The number of rotatable bonds is 5.